The third-order valence-electron chi connectivity index (χ3n) is 1.98. The molecular formula is C10H20Na2O2. The molecule has 0 radical (unpaired) electrons. The monoisotopic (exact) mass is 218 g/mol. The second-order valence-corrected chi connectivity index (χ2v) is 3.24. The first-order valence-corrected chi connectivity index (χ1v) is 4.97. The molecule has 74 valence electrons. The number of unbranched alkanes of at least 4 members (excludes halogenated alkanes) is 6. The molecule has 0 atom stereocenters. The molecule has 0 saturated heterocycles. The molecular weight excluding hydrogens is 198 g/mol. The second kappa shape index (κ2) is 16.9. The summed E-state index contributed by atoms with van der Waals surface area (Å²) in [5.74, 6) is -0.913. The summed E-state index contributed by atoms with van der Waals surface area (Å²) in [5, 5.41) is 10.0. The molecule has 0 aliphatic carbocycles. The van der Waals surface area contributed by atoms with Gasteiger partial charge in [0.15, 0.2) is 0 Å². The molecule has 0 aromatic carbocycles. The summed E-state index contributed by atoms with van der Waals surface area (Å²) in [5.41, 5.74) is 0. The number of carbonyl (C=O) groups is 1. The molecule has 0 bridgehead atoms. The Bertz CT molecular complexity index is 119. The zero-order valence-corrected chi connectivity index (χ0v) is 11.0. The number of carbonyl (C=O) groups excluding carboxylic acids is 1. The fraction of sp³-hybridized carbons (Fsp3) is 0.900. The Balaban J connectivity index is -0.000000605. The van der Waals surface area contributed by atoms with Crippen LogP contribution in [0.15, 0.2) is 0 Å². The van der Waals surface area contributed by atoms with Gasteiger partial charge in [0, 0.05) is 5.97 Å². The van der Waals surface area contributed by atoms with E-state index in [0.29, 0.717) is 0 Å². The van der Waals surface area contributed by atoms with Crippen molar-refractivity contribution in [1.29, 1.82) is 0 Å². The van der Waals surface area contributed by atoms with Crippen molar-refractivity contribution in [3.63, 3.8) is 0 Å². The maximum atomic E-state index is 10.0. The van der Waals surface area contributed by atoms with Gasteiger partial charge in [-0.3, -0.25) is 0 Å². The fourth-order valence-electron chi connectivity index (χ4n) is 1.23. The summed E-state index contributed by atoms with van der Waals surface area (Å²) in [6, 6.07) is 0. The normalized spacial score (nSPS) is 8.64. The van der Waals surface area contributed by atoms with Crippen LogP contribution in [-0.2, 0) is 4.79 Å². The molecule has 0 aliphatic heterocycles. The third kappa shape index (κ3) is 19.1. The zero-order valence-electron chi connectivity index (χ0n) is 8.97. The predicted octanol–water partition coefficient (Wildman–Crippen LogP) is -1.77. The standard InChI is InChI=1S/C10H20O2.2Na.H/c1-2-3-4-5-6-7-8-9-10(11)12;;;/h2-9H2,1H3,(H,11,12);;;/q;;+1;/p-1. The predicted molar refractivity (Wildman–Crippen MR) is 54.8 cm³/mol. The van der Waals surface area contributed by atoms with Crippen molar-refractivity contribution < 1.29 is 39.5 Å². The quantitative estimate of drug-likeness (QED) is 0.357. The molecule has 0 fully saturated rings. The van der Waals surface area contributed by atoms with Gasteiger partial charge in [0.25, 0.3) is 0 Å². The van der Waals surface area contributed by atoms with Crippen molar-refractivity contribution in [1.82, 2.24) is 0 Å². The van der Waals surface area contributed by atoms with E-state index in [9.17, 15) is 9.90 Å². The van der Waals surface area contributed by atoms with Crippen LogP contribution >= 0.6 is 0 Å². The number of hydrogen-bond donors (Lipinski definition) is 0. The van der Waals surface area contributed by atoms with Gasteiger partial charge in [-0.25, -0.2) is 0 Å². The first-order chi connectivity index (χ1) is 5.77. The molecule has 0 aliphatic rings. The van der Waals surface area contributed by atoms with Crippen molar-refractivity contribution in [2.24, 2.45) is 0 Å². The van der Waals surface area contributed by atoms with E-state index >= 15 is 0 Å². The summed E-state index contributed by atoms with van der Waals surface area (Å²) in [6.07, 6.45) is 8.34. The van der Waals surface area contributed by atoms with Gasteiger partial charge in [0.05, 0.1) is 0 Å². The third-order valence-corrected chi connectivity index (χ3v) is 1.98. The first-order valence-electron chi connectivity index (χ1n) is 4.97. The van der Waals surface area contributed by atoms with Crippen LogP contribution < -0.4 is 34.7 Å². The van der Waals surface area contributed by atoms with Crippen LogP contribution in [0.5, 0.6) is 0 Å². The van der Waals surface area contributed by atoms with Crippen molar-refractivity contribution in [3.8, 4) is 0 Å². The second-order valence-electron chi connectivity index (χ2n) is 3.24. The van der Waals surface area contributed by atoms with E-state index in [1.54, 1.807) is 0 Å². The SMILES string of the molecule is CCCCCCCCCC(=O)[O-].[Na+].[NaH]. The molecule has 0 aromatic heterocycles. The number of rotatable bonds is 8. The van der Waals surface area contributed by atoms with Gasteiger partial charge in [-0.05, 0) is 12.8 Å². The molecule has 0 N–H and O–H groups in total. The Morgan fingerprint density at radius 2 is 1.43 bits per heavy atom. The minimum absolute atomic E-state index is 0. The van der Waals surface area contributed by atoms with E-state index in [1.807, 2.05) is 0 Å². The Kier molecular flexibility index (Phi) is 25.1. The molecule has 4 heteroatoms. The Morgan fingerprint density at radius 3 is 1.86 bits per heavy atom. The van der Waals surface area contributed by atoms with E-state index in [1.165, 1.54) is 32.1 Å². The van der Waals surface area contributed by atoms with Crippen molar-refractivity contribution in [2.75, 3.05) is 0 Å². The summed E-state index contributed by atoms with van der Waals surface area (Å²) in [6.45, 7) is 2.19. The van der Waals surface area contributed by atoms with Gasteiger partial charge in [-0.15, -0.1) is 0 Å². The molecule has 0 rings (SSSR count). The summed E-state index contributed by atoms with van der Waals surface area (Å²) < 4.78 is 0. The van der Waals surface area contributed by atoms with Crippen LogP contribution in [0, 0.1) is 0 Å². The average molecular weight is 218 g/mol. The number of aliphatic carboxylic acids is 1. The van der Waals surface area contributed by atoms with Crippen LogP contribution in [0.4, 0.5) is 0 Å². The summed E-state index contributed by atoms with van der Waals surface area (Å²) in [4.78, 5) is 10.0. The minimum atomic E-state index is -0.913. The Morgan fingerprint density at radius 1 is 1.00 bits per heavy atom. The van der Waals surface area contributed by atoms with Crippen LogP contribution in [0.2, 0.25) is 0 Å². The maximum absolute atomic E-state index is 10.0. The molecule has 0 heterocycles. The molecule has 0 amide bonds. The van der Waals surface area contributed by atoms with Gasteiger partial charge in [-0.1, -0.05) is 45.4 Å². The summed E-state index contributed by atoms with van der Waals surface area (Å²) >= 11 is 0. The zero-order chi connectivity index (χ0) is 9.23. The molecule has 0 unspecified atom stereocenters. The summed E-state index contributed by atoms with van der Waals surface area (Å²) in [7, 11) is 0. The van der Waals surface area contributed by atoms with Gasteiger partial charge in [-0.2, -0.15) is 0 Å². The van der Waals surface area contributed by atoms with E-state index in [2.05, 4.69) is 6.92 Å². The number of carboxylic acids is 1. The topological polar surface area (TPSA) is 40.1 Å². The van der Waals surface area contributed by atoms with Crippen LogP contribution in [0.25, 0.3) is 0 Å². The van der Waals surface area contributed by atoms with E-state index in [4.69, 9.17) is 0 Å². The van der Waals surface area contributed by atoms with Crippen LogP contribution in [-0.4, -0.2) is 35.5 Å². The van der Waals surface area contributed by atoms with E-state index in [-0.39, 0.29) is 65.5 Å². The van der Waals surface area contributed by atoms with Gasteiger partial charge in [0.1, 0.15) is 0 Å². The molecule has 2 nitrogen and oxygen atoms in total. The van der Waals surface area contributed by atoms with Gasteiger partial charge in [0.2, 0.25) is 0 Å². The molecule has 14 heavy (non-hydrogen) atoms. The van der Waals surface area contributed by atoms with Gasteiger partial charge >= 0.3 is 59.1 Å². The molecule has 0 saturated carbocycles. The fourth-order valence-corrected chi connectivity index (χ4v) is 1.23. The molecule has 0 spiro atoms. The van der Waals surface area contributed by atoms with Crippen molar-refractivity contribution >= 4 is 35.5 Å². The average Bonchev–Trinajstić information content (AvgIpc) is 2.02. The Hall–Kier alpha value is 1.47. The number of carboxylic acid groups (broad SMARTS) is 1. The van der Waals surface area contributed by atoms with Gasteiger partial charge < -0.3 is 9.90 Å². The van der Waals surface area contributed by atoms with Crippen LogP contribution in [0.3, 0.4) is 0 Å². The molecule has 0 aromatic rings. The number of hydrogen-bond acceptors (Lipinski definition) is 2. The Labute approximate surface area is 132 Å². The first kappa shape index (κ1) is 20.8. The van der Waals surface area contributed by atoms with Crippen LogP contribution in [0.1, 0.15) is 58.3 Å². The van der Waals surface area contributed by atoms with Crippen molar-refractivity contribution in [2.45, 2.75) is 58.3 Å². The van der Waals surface area contributed by atoms with Crippen molar-refractivity contribution in [3.05, 3.63) is 0 Å². The van der Waals surface area contributed by atoms with E-state index in [0.717, 1.165) is 12.8 Å². The van der Waals surface area contributed by atoms with E-state index < -0.39 is 5.97 Å².